The van der Waals surface area contributed by atoms with Crippen molar-refractivity contribution in [2.45, 2.75) is 17.6 Å². The molecular formula is C16H13F3N4O2S. The van der Waals surface area contributed by atoms with Crippen LogP contribution in [-0.2, 0) is 22.7 Å². The molecular weight excluding hydrogens is 369 g/mol. The second-order valence-electron chi connectivity index (χ2n) is 5.39. The molecule has 0 spiro atoms. The fourth-order valence-corrected chi connectivity index (χ4v) is 3.61. The van der Waals surface area contributed by atoms with E-state index in [-0.39, 0.29) is 5.69 Å². The van der Waals surface area contributed by atoms with Crippen LogP contribution in [0.3, 0.4) is 0 Å². The maximum Gasteiger partial charge on any atom is 0.417 e. The number of benzene rings is 2. The van der Waals surface area contributed by atoms with Crippen LogP contribution in [-0.4, -0.2) is 23.2 Å². The minimum atomic E-state index is -4.77. The summed E-state index contributed by atoms with van der Waals surface area (Å²) in [6.45, 7) is 0.434. The Kier molecular flexibility index (Phi) is 4.68. The van der Waals surface area contributed by atoms with Gasteiger partial charge in [0.25, 0.3) is 10.0 Å². The van der Waals surface area contributed by atoms with E-state index in [1.807, 2.05) is 0 Å². The van der Waals surface area contributed by atoms with E-state index in [4.69, 9.17) is 0 Å². The number of alkyl halides is 3. The summed E-state index contributed by atoms with van der Waals surface area (Å²) >= 11 is 0. The lowest BCUT2D eigenvalue weighted by Gasteiger charge is -2.14. The van der Waals surface area contributed by atoms with Gasteiger partial charge in [-0.1, -0.05) is 24.3 Å². The van der Waals surface area contributed by atoms with Gasteiger partial charge in [0.1, 0.15) is 12.7 Å². The van der Waals surface area contributed by atoms with Crippen molar-refractivity contribution in [1.82, 2.24) is 14.8 Å². The van der Waals surface area contributed by atoms with Crippen molar-refractivity contribution in [2.75, 3.05) is 4.72 Å². The smallest absolute Gasteiger partial charge is 0.280 e. The molecule has 1 aromatic heterocycles. The minimum Gasteiger partial charge on any atom is -0.280 e. The van der Waals surface area contributed by atoms with E-state index in [1.54, 1.807) is 16.8 Å². The van der Waals surface area contributed by atoms with Crippen LogP contribution in [0, 0.1) is 0 Å². The summed E-state index contributed by atoms with van der Waals surface area (Å²) in [4.78, 5) is 2.99. The van der Waals surface area contributed by atoms with E-state index in [0.717, 1.165) is 23.8 Å². The van der Waals surface area contributed by atoms with Crippen molar-refractivity contribution in [3.8, 4) is 0 Å². The molecule has 3 aromatic rings. The molecule has 0 fully saturated rings. The van der Waals surface area contributed by atoms with Crippen molar-refractivity contribution in [3.05, 3.63) is 72.3 Å². The topological polar surface area (TPSA) is 76.9 Å². The maximum absolute atomic E-state index is 13.0. The Hall–Kier alpha value is -2.88. The fourth-order valence-electron chi connectivity index (χ4n) is 2.32. The van der Waals surface area contributed by atoms with Crippen molar-refractivity contribution < 1.29 is 21.6 Å². The number of sulfonamides is 1. The number of hydrogen-bond acceptors (Lipinski definition) is 4. The first kappa shape index (κ1) is 17.9. The lowest BCUT2D eigenvalue weighted by Crippen LogP contribution is -2.18. The molecule has 0 bridgehead atoms. The third-order valence-electron chi connectivity index (χ3n) is 3.50. The van der Waals surface area contributed by atoms with E-state index in [2.05, 4.69) is 14.8 Å². The number of hydrogen-bond donors (Lipinski definition) is 1. The van der Waals surface area contributed by atoms with Gasteiger partial charge in [0.2, 0.25) is 0 Å². The molecule has 0 unspecified atom stereocenters. The third-order valence-corrected chi connectivity index (χ3v) is 4.94. The summed E-state index contributed by atoms with van der Waals surface area (Å²) in [5.74, 6) is 0. The lowest BCUT2D eigenvalue weighted by molar-refractivity contribution is -0.139. The summed E-state index contributed by atoms with van der Waals surface area (Å²) in [5.41, 5.74) is -0.228. The standard InChI is InChI=1S/C16H13F3N4O2S/c17-16(18,19)14-3-1-2-4-15(14)26(24,25)22-13-7-5-12(6-8-13)9-23-11-20-10-21-23/h1-8,10-11,22H,9H2. The van der Waals surface area contributed by atoms with Crippen molar-refractivity contribution in [2.24, 2.45) is 0 Å². The zero-order valence-electron chi connectivity index (χ0n) is 13.2. The van der Waals surface area contributed by atoms with E-state index in [0.29, 0.717) is 6.54 Å². The summed E-state index contributed by atoms with van der Waals surface area (Å²) < 4.78 is 67.6. The van der Waals surface area contributed by atoms with E-state index in [1.165, 1.54) is 30.9 Å². The van der Waals surface area contributed by atoms with Gasteiger partial charge in [-0.15, -0.1) is 0 Å². The Labute approximate surface area is 147 Å². The highest BCUT2D eigenvalue weighted by Crippen LogP contribution is 2.34. The van der Waals surface area contributed by atoms with Gasteiger partial charge < -0.3 is 0 Å². The first-order valence-electron chi connectivity index (χ1n) is 7.36. The Morgan fingerprint density at radius 1 is 1.04 bits per heavy atom. The highest BCUT2D eigenvalue weighted by Gasteiger charge is 2.36. The second-order valence-corrected chi connectivity index (χ2v) is 7.04. The molecule has 3 rings (SSSR count). The Morgan fingerprint density at radius 3 is 2.35 bits per heavy atom. The molecule has 0 atom stereocenters. The van der Waals surface area contributed by atoms with Crippen LogP contribution < -0.4 is 4.72 Å². The van der Waals surface area contributed by atoms with Crippen LogP contribution in [0.15, 0.2) is 66.1 Å². The van der Waals surface area contributed by atoms with Crippen LogP contribution in [0.4, 0.5) is 18.9 Å². The van der Waals surface area contributed by atoms with Crippen molar-refractivity contribution in [3.63, 3.8) is 0 Å². The molecule has 2 aromatic carbocycles. The van der Waals surface area contributed by atoms with Gasteiger partial charge in [-0.25, -0.2) is 18.1 Å². The molecule has 1 N–H and O–H groups in total. The van der Waals surface area contributed by atoms with Crippen molar-refractivity contribution in [1.29, 1.82) is 0 Å². The van der Waals surface area contributed by atoms with Crippen LogP contribution in [0.5, 0.6) is 0 Å². The molecule has 0 aliphatic carbocycles. The Morgan fingerprint density at radius 2 is 1.73 bits per heavy atom. The average molecular weight is 382 g/mol. The fraction of sp³-hybridized carbons (Fsp3) is 0.125. The largest absolute Gasteiger partial charge is 0.417 e. The molecule has 0 saturated heterocycles. The molecule has 0 saturated carbocycles. The lowest BCUT2D eigenvalue weighted by atomic mass is 10.2. The SMILES string of the molecule is O=S(=O)(Nc1ccc(Cn2cncn2)cc1)c1ccccc1C(F)(F)F. The van der Waals surface area contributed by atoms with Crippen LogP contribution >= 0.6 is 0 Å². The van der Waals surface area contributed by atoms with Gasteiger partial charge in [0.05, 0.1) is 17.0 Å². The van der Waals surface area contributed by atoms with Crippen molar-refractivity contribution >= 4 is 15.7 Å². The predicted molar refractivity (Wildman–Crippen MR) is 87.8 cm³/mol. The zero-order chi connectivity index (χ0) is 18.8. The van der Waals surface area contributed by atoms with Gasteiger partial charge in [0, 0.05) is 5.69 Å². The minimum absolute atomic E-state index is 0.157. The Balaban J connectivity index is 1.82. The molecule has 6 nitrogen and oxygen atoms in total. The summed E-state index contributed by atoms with van der Waals surface area (Å²) in [5, 5.41) is 3.95. The molecule has 26 heavy (non-hydrogen) atoms. The van der Waals surface area contributed by atoms with E-state index < -0.39 is 26.7 Å². The van der Waals surface area contributed by atoms with Gasteiger partial charge in [-0.2, -0.15) is 18.3 Å². The molecule has 0 aliphatic rings. The summed E-state index contributed by atoms with van der Waals surface area (Å²) in [6.07, 6.45) is -1.85. The van der Waals surface area contributed by atoms with Crippen LogP contribution in [0.1, 0.15) is 11.1 Å². The van der Waals surface area contributed by atoms with Gasteiger partial charge >= 0.3 is 6.18 Å². The highest BCUT2D eigenvalue weighted by molar-refractivity contribution is 7.92. The maximum atomic E-state index is 13.0. The van der Waals surface area contributed by atoms with E-state index >= 15 is 0 Å². The molecule has 0 aliphatic heterocycles. The molecule has 0 amide bonds. The number of nitrogens with zero attached hydrogens (tertiary/aromatic N) is 3. The molecule has 136 valence electrons. The molecule has 0 radical (unpaired) electrons. The first-order valence-corrected chi connectivity index (χ1v) is 8.84. The predicted octanol–water partition coefficient (Wildman–Crippen LogP) is 3.15. The monoisotopic (exact) mass is 382 g/mol. The first-order chi connectivity index (χ1) is 12.3. The van der Waals surface area contributed by atoms with Gasteiger partial charge in [0.15, 0.2) is 0 Å². The quantitative estimate of drug-likeness (QED) is 0.736. The number of anilines is 1. The van der Waals surface area contributed by atoms with Gasteiger partial charge in [-0.05, 0) is 29.8 Å². The zero-order valence-corrected chi connectivity index (χ0v) is 14.0. The second kappa shape index (κ2) is 6.79. The third kappa shape index (κ3) is 4.02. The number of nitrogens with one attached hydrogen (secondary N) is 1. The van der Waals surface area contributed by atoms with Gasteiger partial charge in [-0.3, -0.25) is 4.72 Å². The van der Waals surface area contributed by atoms with Crippen LogP contribution in [0.2, 0.25) is 0 Å². The number of halogens is 3. The molecule has 10 heteroatoms. The summed E-state index contributed by atoms with van der Waals surface area (Å²) in [7, 11) is -4.39. The average Bonchev–Trinajstić information content (AvgIpc) is 3.09. The number of rotatable bonds is 5. The number of aromatic nitrogens is 3. The Bertz CT molecular complexity index is 985. The normalized spacial score (nSPS) is 12.1. The van der Waals surface area contributed by atoms with Crippen LogP contribution in [0.25, 0.3) is 0 Å². The summed E-state index contributed by atoms with van der Waals surface area (Å²) in [6, 6.07) is 10.3. The highest BCUT2D eigenvalue weighted by atomic mass is 32.2. The molecule has 1 heterocycles. The van der Waals surface area contributed by atoms with E-state index in [9.17, 15) is 21.6 Å².